The van der Waals surface area contributed by atoms with Crippen LogP contribution in [0, 0.1) is 0 Å². The van der Waals surface area contributed by atoms with E-state index in [0.29, 0.717) is 30.4 Å². The number of aromatic nitrogens is 2. The summed E-state index contributed by atoms with van der Waals surface area (Å²) in [5.74, 6) is 1.89. The lowest BCUT2D eigenvalue weighted by molar-refractivity contribution is 0.186. The number of hydrogen-bond acceptors (Lipinski definition) is 7. The summed E-state index contributed by atoms with van der Waals surface area (Å²) in [5.41, 5.74) is 0. The third kappa shape index (κ3) is 3.16. The summed E-state index contributed by atoms with van der Waals surface area (Å²) < 4.78 is 33.6. The highest BCUT2D eigenvalue weighted by molar-refractivity contribution is 7.91. The normalized spacial score (nSPS) is 21.1. The molecule has 21 heavy (non-hydrogen) atoms. The Morgan fingerprint density at radius 3 is 2.95 bits per heavy atom. The number of furan rings is 1. The Labute approximate surface area is 122 Å². The molecule has 0 spiro atoms. The van der Waals surface area contributed by atoms with Crippen LogP contribution in [0.2, 0.25) is 0 Å². The molecule has 1 saturated heterocycles. The lowest BCUT2D eigenvalue weighted by Crippen LogP contribution is -2.35. The van der Waals surface area contributed by atoms with E-state index in [0.717, 1.165) is 6.54 Å². The molecule has 2 aromatic rings. The fourth-order valence-corrected chi connectivity index (χ4v) is 4.32. The zero-order valence-corrected chi connectivity index (χ0v) is 12.5. The summed E-state index contributed by atoms with van der Waals surface area (Å²) in [5, 5.41) is 3.88. The van der Waals surface area contributed by atoms with Gasteiger partial charge in [0.25, 0.3) is 0 Å². The molecule has 0 N–H and O–H groups in total. The zero-order chi connectivity index (χ0) is 14.9. The summed E-state index contributed by atoms with van der Waals surface area (Å²) in [6.45, 7) is 3.18. The molecule has 0 radical (unpaired) electrons. The van der Waals surface area contributed by atoms with Crippen molar-refractivity contribution in [3.8, 4) is 11.6 Å². The molecule has 3 rings (SSSR count). The van der Waals surface area contributed by atoms with Crippen molar-refractivity contribution in [2.45, 2.75) is 25.9 Å². The van der Waals surface area contributed by atoms with Crippen LogP contribution in [0.1, 0.15) is 19.2 Å². The van der Waals surface area contributed by atoms with Crippen molar-refractivity contribution in [3.05, 3.63) is 24.3 Å². The lowest BCUT2D eigenvalue weighted by Gasteiger charge is -2.24. The quantitative estimate of drug-likeness (QED) is 0.823. The maximum atomic E-state index is 11.6. The summed E-state index contributed by atoms with van der Waals surface area (Å²) in [6.07, 6.45) is 2.21. The molecule has 0 bridgehead atoms. The molecule has 1 unspecified atom stereocenters. The van der Waals surface area contributed by atoms with Gasteiger partial charge >= 0.3 is 0 Å². The maximum Gasteiger partial charge on any atom is 0.241 e. The highest BCUT2D eigenvalue weighted by atomic mass is 32.2. The van der Waals surface area contributed by atoms with E-state index in [1.165, 1.54) is 0 Å². The van der Waals surface area contributed by atoms with Crippen molar-refractivity contribution in [3.63, 3.8) is 0 Å². The predicted molar refractivity (Wildman–Crippen MR) is 75.1 cm³/mol. The average molecular weight is 311 g/mol. The average Bonchev–Trinajstić information content (AvgIpc) is 3.15. The third-order valence-corrected chi connectivity index (χ3v) is 5.43. The standard InChI is InChI=1S/C13H17N3O4S/c1-2-16(10-5-7-21(17,18)9-10)8-12-14-13(15-20-12)11-4-3-6-19-11/h3-4,6,10H,2,5,7-9H2,1H3. The monoisotopic (exact) mass is 311 g/mol. The van der Waals surface area contributed by atoms with Gasteiger partial charge in [-0.05, 0) is 25.1 Å². The zero-order valence-electron chi connectivity index (χ0n) is 11.7. The smallest absolute Gasteiger partial charge is 0.241 e. The molecule has 1 atom stereocenters. The summed E-state index contributed by atoms with van der Waals surface area (Å²) >= 11 is 0. The Hall–Kier alpha value is -1.67. The van der Waals surface area contributed by atoms with E-state index in [4.69, 9.17) is 8.94 Å². The van der Waals surface area contributed by atoms with Crippen LogP contribution in [0.3, 0.4) is 0 Å². The van der Waals surface area contributed by atoms with Gasteiger partial charge in [-0.15, -0.1) is 0 Å². The highest BCUT2D eigenvalue weighted by Gasteiger charge is 2.32. The number of nitrogens with zero attached hydrogens (tertiary/aromatic N) is 3. The first kappa shape index (κ1) is 14.3. The van der Waals surface area contributed by atoms with Crippen molar-refractivity contribution in [1.29, 1.82) is 0 Å². The summed E-state index contributed by atoms with van der Waals surface area (Å²) in [4.78, 5) is 6.35. The Morgan fingerprint density at radius 1 is 1.48 bits per heavy atom. The molecular weight excluding hydrogens is 294 g/mol. The molecule has 2 aromatic heterocycles. The van der Waals surface area contributed by atoms with Gasteiger partial charge in [0.15, 0.2) is 15.6 Å². The van der Waals surface area contributed by atoms with Crippen LogP contribution in [-0.4, -0.2) is 47.6 Å². The molecule has 3 heterocycles. The van der Waals surface area contributed by atoms with E-state index < -0.39 is 9.84 Å². The molecular formula is C13H17N3O4S. The van der Waals surface area contributed by atoms with Crippen molar-refractivity contribution in [2.75, 3.05) is 18.1 Å². The third-order valence-electron chi connectivity index (χ3n) is 3.68. The van der Waals surface area contributed by atoms with Gasteiger partial charge in [0.2, 0.25) is 11.7 Å². The van der Waals surface area contributed by atoms with Gasteiger partial charge < -0.3 is 8.94 Å². The van der Waals surface area contributed by atoms with E-state index in [9.17, 15) is 8.42 Å². The van der Waals surface area contributed by atoms with Crippen LogP contribution in [-0.2, 0) is 16.4 Å². The number of rotatable bonds is 5. The molecule has 114 valence electrons. The topological polar surface area (TPSA) is 89.4 Å². The largest absolute Gasteiger partial charge is 0.461 e. The molecule has 1 aliphatic rings. The van der Waals surface area contributed by atoms with Gasteiger partial charge in [-0.3, -0.25) is 4.90 Å². The molecule has 1 aliphatic heterocycles. The predicted octanol–water partition coefficient (Wildman–Crippen LogP) is 1.34. The Kier molecular flexibility index (Phi) is 3.81. The van der Waals surface area contributed by atoms with Crippen molar-refractivity contribution in [1.82, 2.24) is 15.0 Å². The van der Waals surface area contributed by atoms with Gasteiger partial charge in [-0.25, -0.2) is 8.42 Å². The number of sulfone groups is 1. The fourth-order valence-electron chi connectivity index (χ4n) is 2.56. The van der Waals surface area contributed by atoms with E-state index in [2.05, 4.69) is 15.0 Å². The second-order valence-electron chi connectivity index (χ2n) is 5.11. The Balaban J connectivity index is 1.70. The molecule has 0 aliphatic carbocycles. The van der Waals surface area contributed by atoms with Gasteiger partial charge in [-0.1, -0.05) is 12.1 Å². The molecule has 1 fully saturated rings. The first-order valence-corrected chi connectivity index (χ1v) is 8.70. The van der Waals surface area contributed by atoms with Gasteiger partial charge in [-0.2, -0.15) is 4.98 Å². The van der Waals surface area contributed by atoms with Gasteiger partial charge in [0, 0.05) is 6.04 Å². The van der Waals surface area contributed by atoms with Crippen LogP contribution < -0.4 is 0 Å². The van der Waals surface area contributed by atoms with E-state index in [1.807, 2.05) is 6.92 Å². The maximum absolute atomic E-state index is 11.6. The van der Waals surface area contributed by atoms with Gasteiger partial charge in [0.05, 0.1) is 24.3 Å². The van der Waals surface area contributed by atoms with Crippen LogP contribution in [0.4, 0.5) is 0 Å². The molecule has 7 nitrogen and oxygen atoms in total. The minimum atomic E-state index is -2.90. The molecule has 0 aromatic carbocycles. The Morgan fingerprint density at radius 2 is 2.33 bits per heavy atom. The molecule has 0 amide bonds. The second-order valence-corrected chi connectivity index (χ2v) is 7.34. The summed E-state index contributed by atoms with van der Waals surface area (Å²) in [7, 11) is -2.90. The minimum absolute atomic E-state index is 0.0268. The number of hydrogen-bond donors (Lipinski definition) is 0. The SMILES string of the molecule is CCN(Cc1nc(-c2ccco2)no1)C1CCS(=O)(=O)C1. The van der Waals surface area contributed by atoms with Crippen molar-refractivity contribution in [2.24, 2.45) is 0 Å². The van der Waals surface area contributed by atoms with Crippen molar-refractivity contribution < 1.29 is 17.4 Å². The van der Waals surface area contributed by atoms with Crippen molar-refractivity contribution >= 4 is 9.84 Å². The second kappa shape index (κ2) is 5.61. The molecule has 8 heteroatoms. The Bertz CT molecular complexity index is 693. The first-order chi connectivity index (χ1) is 10.1. The van der Waals surface area contributed by atoms with E-state index in [-0.39, 0.29) is 17.5 Å². The molecule has 0 saturated carbocycles. The van der Waals surface area contributed by atoms with E-state index in [1.54, 1.807) is 18.4 Å². The van der Waals surface area contributed by atoms with Gasteiger partial charge in [0.1, 0.15) is 0 Å². The summed E-state index contributed by atoms with van der Waals surface area (Å²) in [6, 6.07) is 3.54. The highest BCUT2D eigenvalue weighted by Crippen LogP contribution is 2.21. The minimum Gasteiger partial charge on any atom is -0.461 e. The fraction of sp³-hybridized carbons (Fsp3) is 0.538. The van der Waals surface area contributed by atoms with Crippen LogP contribution in [0.15, 0.2) is 27.3 Å². The van der Waals surface area contributed by atoms with E-state index >= 15 is 0 Å². The first-order valence-electron chi connectivity index (χ1n) is 6.88. The lowest BCUT2D eigenvalue weighted by atomic mass is 10.2. The van der Waals surface area contributed by atoms with Crippen LogP contribution in [0.25, 0.3) is 11.6 Å². The van der Waals surface area contributed by atoms with Crippen LogP contribution in [0.5, 0.6) is 0 Å². The van der Waals surface area contributed by atoms with Crippen LogP contribution >= 0.6 is 0 Å².